The van der Waals surface area contributed by atoms with Gasteiger partial charge in [-0.05, 0) is 26.2 Å². The maximum atomic E-state index is 11.5. The normalized spacial score (nSPS) is 42.8. The zero-order chi connectivity index (χ0) is 9.71. The van der Waals surface area contributed by atoms with Gasteiger partial charge in [0, 0.05) is 31.7 Å². The fourth-order valence-corrected chi connectivity index (χ4v) is 3.03. The molecule has 3 fully saturated rings. The second-order valence-corrected chi connectivity index (χ2v) is 4.99. The van der Waals surface area contributed by atoms with Gasteiger partial charge in [0.05, 0.1) is 6.04 Å². The average molecular weight is 194 g/mol. The van der Waals surface area contributed by atoms with Crippen LogP contribution in [0.4, 0.5) is 0 Å². The first-order chi connectivity index (χ1) is 6.75. The fraction of sp³-hybridized carbons (Fsp3) is 0.909. The molecule has 3 unspecified atom stereocenters. The minimum absolute atomic E-state index is 0.203. The highest BCUT2D eigenvalue weighted by Crippen LogP contribution is 2.35. The number of carbonyl (C=O) groups is 1. The van der Waals surface area contributed by atoms with E-state index in [0.717, 1.165) is 31.7 Å². The van der Waals surface area contributed by atoms with E-state index in [2.05, 4.69) is 9.80 Å². The standard InChI is InChI=1S/C11H18N2O/c1-8(14)11-7-13(9-2-3-9)10-4-5-12(11)6-10/h9-11H,2-7H2,1H3. The summed E-state index contributed by atoms with van der Waals surface area (Å²) in [5.41, 5.74) is 0. The second kappa shape index (κ2) is 3.04. The molecule has 1 saturated carbocycles. The molecule has 3 aliphatic rings. The van der Waals surface area contributed by atoms with Crippen molar-refractivity contribution in [3.05, 3.63) is 0 Å². The molecule has 3 nitrogen and oxygen atoms in total. The average Bonchev–Trinajstić information content (AvgIpc) is 2.90. The van der Waals surface area contributed by atoms with Crippen molar-refractivity contribution in [2.45, 2.75) is 44.3 Å². The Morgan fingerprint density at radius 1 is 1.14 bits per heavy atom. The van der Waals surface area contributed by atoms with Crippen LogP contribution in [0.5, 0.6) is 0 Å². The van der Waals surface area contributed by atoms with Crippen LogP contribution >= 0.6 is 0 Å². The molecular weight excluding hydrogens is 176 g/mol. The molecule has 3 atom stereocenters. The molecule has 0 spiro atoms. The summed E-state index contributed by atoms with van der Waals surface area (Å²) in [4.78, 5) is 16.5. The van der Waals surface area contributed by atoms with Gasteiger partial charge in [0.25, 0.3) is 0 Å². The van der Waals surface area contributed by atoms with Crippen LogP contribution in [0.3, 0.4) is 0 Å². The molecule has 78 valence electrons. The molecule has 0 aromatic rings. The van der Waals surface area contributed by atoms with Crippen molar-refractivity contribution in [3.63, 3.8) is 0 Å². The summed E-state index contributed by atoms with van der Waals surface area (Å²) in [7, 11) is 0. The Balaban J connectivity index is 1.79. The summed E-state index contributed by atoms with van der Waals surface area (Å²) in [6, 6.07) is 1.79. The molecule has 3 rings (SSSR count). The zero-order valence-electron chi connectivity index (χ0n) is 8.78. The van der Waals surface area contributed by atoms with E-state index in [1.165, 1.54) is 19.3 Å². The minimum Gasteiger partial charge on any atom is -0.298 e. The Labute approximate surface area is 85.1 Å². The van der Waals surface area contributed by atoms with E-state index >= 15 is 0 Å². The Morgan fingerprint density at radius 3 is 2.57 bits per heavy atom. The third-order valence-electron chi connectivity index (χ3n) is 3.97. The van der Waals surface area contributed by atoms with Crippen molar-refractivity contribution in [2.24, 2.45) is 0 Å². The van der Waals surface area contributed by atoms with Gasteiger partial charge >= 0.3 is 0 Å². The molecule has 1 aliphatic carbocycles. The zero-order valence-corrected chi connectivity index (χ0v) is 8.78. The predicted octanol–water partition coefficient (Wildman–Crippen LogP) is 0.496. The van der Waals surface area contributed by atoms with Gasteiger partial charge in [-0.25, -0.2) is 0 Å². The molecule has 0 aromatic carbocycles. The van der Waals surface area contributed by atoms with Gasteiger partial charge in [0.15, 0.2) is 0 Å². The predicted molar refractivity (Wildman–Crippen MR) is 54.2 cm³/mol. The van der Waals surface area contributed by atoms with Gasteiger partial charge in [0.2, 0.25) is 0 Å². The highest BCUT2D eigenvalue weighted by atomic mass is 16.1. The molecule has 3 heteroatoms. The van der Waals surface area contributed by atoms with Gasteiger partial charge in [0.1, 0.15) is 5.78 Å². The van der Waals surface area contributed by atoms with Crippen molar-refractivity contribution in [1.29, 1.82) is 0 Å². The van der Waals surface area contributed by atoms with Crippen LogP contribution in [0, 0.1) is 0 Å². The Kier molecular flexibility index (Phi) is 1.92. The van der Waals surface area contributed by atoms with Gasteiger partial charge in [-0.15, -0.1) is 0 Å². The number of fused-ring (bicyclic) bond motifs is 2. The summed E-state index contributed by atoms with van der Waals surface area (Å²) < 4.78 is 0. The van der Waals surface area contributed by atoms with Crippen LogP contribution in [-0.2, 0) is 4.79 Å². The van der Waals surface area contributed by atoms with Crippen LogP contribution in [0.2, 0.25) is 0 Å². The second-order valence-electron chi connectivity index (χ2n) is 4.99. The number of hydrogen-bond acceptors (Lipinski definition) is 3. The molecule has 14 heavy (non-hydrogen) atoms. The summed E-state index contributed by atoms with van der Waals surface area (Å²) in [5.74, 6) is 0.357. The lowest BCUT2D eigenvalue weighted by atomic mass is 10.1. The van der Waals surface area contributed by atoms with E-state index in [4.69, 9.17) is 0 Å². The largest absolute Gasteiger partial charge is 0.298 e. The molecule has 2 bridgehead atoms. The van der Waals surface area contributed by atoms with Crippen molar-refractivity contribution in [3.8, 4) is 0 Å². The molecule has 0 radical (unpaired) electrons. The first kappa shape index (κ1) is 8.86. The monoisotopic (exact) mass is 194 g/mol. The first-order valence-corrected chi connectivity index (χ1v) is 5.76. The number of hydrogen-bond donors (Lipinski definition) is 0. The van der Waals surface area contributed by atoms with Crippen LogP contribution in [-0.4, -0.2) is 53.3 Å². The lowest BCUT2D eigenvalue weighted by Crippen LogP contribution is -2.55. The van der Waals surface area contributed by atoms with E-state index in [1.54, 1.807) is 6.92 Å². The fourth-order valence-electron chi connectivity index (χ4n) is 3.03. The van der Waals surface area contributed by atoms with Gasteiger partial charge in [-0.1, -0.05) is 0 Å². The summed E-state index contributed by atoms with van der Waals surface area (Å²) in [5, 5.41) is 0. The van der Waals surface area contributed by atoms with Gasteiger partial charge in [-0.3, -0.25) is 14.6 Å². The Bertz CT molecular complexity index is 262. The van der Waals surface area contributed by atoms with E-state index in [0.29, 0.717) is 5.78 Å². The van der Waals surface area contributed by atoms with Crippen LogP contribution in [0.25, 0.3) is 0 Å². The lowest BCUT2D eigenvalue weighted by molar-refractivity contribution is -0.123. The third kappa shape index (κ3) is 1.30. The molecule has 0 amide bonds. The number of nitrogens with zero attached hydrogens (tertiary/aromatic N) is 2. The topological polar surface area (TPSA) is 23.6 Å². The van der Waals surface area contributed by atoms with E-state index in [1.807, 2.05) is 0 Å². The molecular formula is C11H18N2O. The molecule has 2 saturated heterocycles. The number of rotatable bonds is 2. The lowest BCUT2D eigenvalue weighted by Gasteiger charge is -2.39. The summed E-state index contributed by atoms with van der Waals surface area (Å²) in [6.45, 7) is 5.03. The highest BCUT2D eigenvalue weighted by Gasteiger charge is 2.45. The minimum atomic E-state index is 0.203. The number of Topliss-reactive ketones (excluding diaryl/α,β-unsaturated/α-hetero) is 1. The molecule has 2 aliphatic heterocycles. The number of piperazine rings is 1. The molecule has 0 aromatic heterocycles. The molecule has 0 N–H and O–H groups in total. The van der Waals surface area contributed by atoms with Crippen molar-refractivity contribution in [2.75, 3.05) is 19.6 Å². The summed E-state index contributed by atoms with van der Waals surface area (Å²) >= 11 is 0. The summed E-state index contributed by atoms with van der Waals surface area (Å²) in [6.07, 6.45) is 4.00. The van der Waals surface area contributed by atoms with Gasteiger partial charge < -0.3 is 0 Å². The maximum absolute atomic E-state index is 11.5. The quantitative estimate of drug-likeness (QED) is 0.639. The maximum Gasteiger partial charge on any atom is 0.148 e. The van der Waals surface area contributed by atoms with Crippen LogP contribution in [0.15, 0.2) is 0 Å². The van der Waals surface area contributed by atoms with E-state index in [9.17, 15) is 4.79 Å². The SMILES string of the molecule is CC(=O)C1CN(C2CC2)C2CCN1C2. The molecule has 2 heterocycles. The smallest absolute Gasteiger partial charge is 0.148 e. The Hall–Kier alpha value is -0.410. The number of ketones is 1. The van der Waals surface area contributed by atoms with Gasteiger partial charge in [-0.2, -0.15) is 0 Å². The number of carbonyl (C=O) groups excluding carboxylic acids is 1. The Morgan fingerprint density at radius 2 is 1.93 bits per heavy atom. The third-order valence-corrected chi connectivity index (χ3v) is 3.97. The first-order valence-electron chi connectivity index (χ1n) is 5.76. The van der Waals surface area contributed by atoms with E-state index in [-0.39, 0.29) is 6.04 Å². The highest BCUT2D eigenvalue weighted by molar-refractivity contribution is 5.82. The van der Waals surface area contributed by atoms with Crippen LogP contribution in [0.1, 0.15) is 26.2 Å². The van der Waals surface area contributed by atoms with Crippen molar-refractivity contribution in [1.82, 2.24) is 9.80 Å². The van der Waals surface area contributed by atoms with Crippen molar-refractivity contribution < 1.29 is 4.79 Å². The van der Waals surface area contributed by atoms with Crippen molar-refractivity contribution >= 4 is 5.78 Å². The van der Waals surface area contributed by atoms with Crippen LogP contribution < -0.4 is 0 Å². The van der Waals surface area contributed by atoms with E-state index < -0.39 is 0 Å².